The van der Waals surface area contributed by atoms with Crippen LogP contribution in [0.4, 0.5) is 0 Å². The zero-order valence-corrected chi connectivity index (χ0v) is 13.2. The Morgan fingerprint density at radius 1 is 0.933 bits per heavy atom. The summed E-state index contributed by atoms with van der Waals surface area (Å²) in [6.07, 6.45) is 7.18. The molecule has 83 valence electrons. The van der Waals surface area contributed by atoms with Crippen LogP contribution < -0.4 is 3.58 Å². The molecule has 0 saturated heterocycles. The molecule has 1 saturated carbocycles. The molecule has 0 aliphatic heterocycles. The van der Waals surface area contributed by atoms with Gasteiger partial charge in [-0.2, -0.15) is 0 Å². The van der Waals surface area contributed by atoms with Crippen LogP contribution in [0.25, 0.3) is 0 Å². The van der Waals surface area contributed by atoms with E-state index in [1.807, 2.05) is 0 Å². The molecule has 0 unspecified atom stereocenters. The van der Waals surface area contributed by atoms with Crippen LogP contribution in [0, 0.1) is 0 Å². The molecule has 0 amide bonds. The molecule has 0 spiro atoms. The summed E-state index contributed by atoms with van der Waals surface area (Å²) in [6.45, 7) is 0. The number of benzene rings is 1. The minimum atomic E-state index is 0. The fourth-order valence-corrected chi connectivity index (χ4v) is 3.36. The summed E-state index contributed by atoms with van der Waals surface area (Å²) in [6, 6.07) is 8.97. The van der Waals surface area contributed by atoms with Gasteiger partial charge in [0.15, 0.2) is 0 Å². The van der Waals surface area contributed by atoms with E-state index >= 15 is 0 Å². The van der Waals surface area contributed by atoms with Crippen LogP contribution in [-0.4, -0.2) is 22.5 Å². The van der Waals surface area contributed by atoms with Crippen LogP contribution in [0.2, 0.25) is 0 Å². The van der Waals surface area contributed by atoms with Crippen LogP contribution >= 0.6 is 24.8 Å². The second-order valence-electron chi connectivity index (χ2n) is 3.92. The van der Waals surface area contributed by atoms with E-state index < -0.39 is 0 Å². The van der Waals surface area contributed by atoms with Gasteiger partial charge in [0.2, 0.25) is 0 Å². The second-order valence-corrected chi connectivity index (χ2v) is 5.46. The summed E-state index contributed by atoms with van der Waals surface area (Å²) < 4.78 is 1.57. The number of hydrogen-bond acceptors (Lipinski definition) is 0. The fraction of sp³-hybridized carbons (Fsp3) is 0.500. The van der Waals surface area contributed by atoms with Gasteiger partial charge in [-0.1, -0.05) is 0 Å². The molecule has 1 fully saturated rings. The molecule has 0 nitrogen and oxygen atoms in total. The van der Waals surface area contributed by atoms with Crippen molar-refractivity contribution in [3.63, 3.8) is 0 Å². The van der Waals surface area contributed by atoms with Crippen LogP contribution in [-0.2, 0) is 0 Å². The van der Waals surface area contributed by atoms with Gasteiger partial charge in [0, 0.05) is 0 Å². The van der Waals surface area contributed by atoms with Crippen molar-refractivity contribution in [3.8, 4) is 0 Å². The summed E-state index contributed by atoms with van der Waals surface area (Å²) in [4.78, 5) is 0. The van der Waals surface area contributed by atoms with Crippen molar-refractivity contribution in [3.05, 3.63) is 29.8 Å². The fourth-order valence-electron chi connectivity index (χ4n) is 2.27. The Bertz CT molecular complexity index is 283. The SMILES string of the molecule is Cl.Cl.[Sn][c]1ccccc1C1CCCCC1. The summed E-state index contributed by atoms with van der Waals surface area (Å²) in [5, 5.41) is 0. The Morgan fingerprint density at radius 2 is 1.53 bits per heavy atom. The van der Waals surface area contributed by atoms with E-state index in [-0.39, 0.29) is 24.8 Å². The first-order valence-electron chi connectivity index (χ1n) is 5.18. The normalized spacial score (nSPS) is 16.3. The van der Waals surface area contributed by atoms with Gasteiger partial charge < -0.3 is 0 Å². The van der Waals surface area contributed by atoms with Crippen LogP contribution in [0.5, 0.6) is 0 Å². The van der Waals surface area contributed by atoms with Crippen molar-refractivity contribution in [1.29, 1.82) is 0 Å². The van der Waals surface area contributed by atoms with Gasteiger partial charge in [-0.25, -0.2) is 0 Å². The minimum absolute atomic E-state index is 0. The molecule has 0 heterocycles. The first-order chi connectivity index (χ1) is 6.38. The molecule has 0 N–H and O–H groups in total. The van der Waals surface area contributed by atoms with Crippen molar-refractivity contribution in [1.82, 2.24) is 0 Å². The Kier molecular flexibility index (Phi) is 8.12. The van der Waals surface area contributed by atoms with Crippen molar-refractivity contribution in [2.24, 2.45) is 0 Å². The Morgan fingerprint density at radius 3 is 2.13 bits per heavy atom. The Balaban J connectivity index is 0.000000980. The molecule has 1 aliphatic carbocycles. The van der Waals surface area contributed by atoms with Gasteiger partial charge in [-0.15, -0.1) is 24.8 Å². The molecule has 0 bridgehead atoms. The summed E-state index contributed by atoms with van der Waals surface area (Å²) in [7, 11) is 0. The van der Waals surface area contributed by atoms with E-state index in [1.54, 1.807) is 31.7 Å². The predicted molar refractivity (Wildman–Crippen MR) is 72.2 cm³/mol. The molecule has 1 aliphatic rings. The molecular weight excluding hydrogens is 334 g/mol. The molecule has 3 heteroatoms. The third-order valence-electron chi connectivity index (χ3n) is 3.01. The average Bonchev–Trinajstić information content (AvgIpc) is 2.20. The van der Waals surface area contributed by atoms with Crippen molar-refractivity contribution in [2.75, 3.05) is 0 Å². The van der Waals surface area contributed by atoms with E-state index in [9.17, 15) is 0 Å². The van der Waals surface area contributed by atoms with Crippen LogP contribution in [0.15, 0.2) is 24.3 Å². The van der Waals surface area contributed by atoms with Gasteiger partial charge in [0.05, 0.1) is 0 Å². The van der Waals surface area contributed by atoms with E-state index in [0.717, 1.165) is 5.92 Å². The third-order valence-corrected chi connectivity index (χ3v) is 4.31. The quantitative estimate of drug-likeness (QED) is 0.681. The monoisotopic (exact) mass is 351 g/mol. The first kappa shape index (κ1) is 15.6. The predicted octanol–water partition coefficient (Wildman–Crippen LogP) is 3.37. The van der Waals surface area contributed by atoms with Crippen molar-refractivity contribution >= 4 is 50.9 Å². The standard InChI is InChI=1S/C12H15.2ClH.Sn/c1-3-7-11(8-4-1)12-9-5-2-6-10-12;;;/h1,3-4,7,12H,2,5-6,9-10H2;2*1H;. The van der Waals surface area contributed by atoms with E-state index in [0.29, 0.717) is 0 Å². The molecule has 0 atom stereocenters. The van der Waals surface area contributed by atoms with Gasteiger partial charge in [0.25, 0.3) is 0 Å². The maximum absolute atomic E-state index is 2.33. The number of rotatable bonds is 1. The molecule has 1 aromatic carbocycles. The Hall–Kier alpha value is 0.599. The van der Waals surface area contributed by atoms with Gasteiger partial charge in [-0.05, 0) is 0 Å². The van der Waals surface area contributed by atoms with Gasteiger partial charge in [-0.3, -0.25) is 0 Å². The molecule has 3 radical (unpaired) electrons. The first-order valence-corrected chi connectivity index (χ1v) is 6.61. The second kappa shape index (κ2) is 7.80. The number of halogens is 2. The summed E-state index contributed by atoms with van der Waals surface area (Å²) in [5.74, 6) is 0.879. The van der Waals surface area contributed by atoms with Gasteiger partial charge >= 0.3 is 94.0 Å². The van der Waals surface area contributed by atoms with Crippen molar-refractivity contribution in [2.45, 2.75) is 38.0 Å². The summed E-state index contributed by atoms with van der Waals surface area (Å²) in [5.41, 5.74) is 1.64. The van der Waals surface area contributed by atoms with E-state index in [1.165, 1.54) is 32.1 Å². The molecule has 2 rings (SSSR count). The van der Waals surface area contributed by atoms with Crippen molar-refractivity contribution < 1.29 is 0 Å². The molecule has 15 heavy (non-hydrogen) atoms. The molecular formula is C12H17Cl2Sn. The average molecular weight is 351 g/mol. The number of hydrogen-bond donors (Lipinski definition) is 0. The van der Waals surface area contributed by atoms with Gasteiger partial charge in [0.1, 0.15) is 0 Å². The topological polar surface area (TPSA) is 0 Å². The van der Waals surface area contributed by atoms with Crippen LogP contribution in [0.3, 0.4) is 0 Å². The third kappa shape index (κ3) is 4.16. The van der Waals surface area contributed by atoms with Crippen LogP contribution in [0.1, 0.15) is 43.6 Å². The van der Waals surface area contributed by atoms with E-state index in [4.69, 9.17) is 0 Å². The molecule has 0 aromatic heterocycles. The summed E-state index contributed by atoms with van der Waals surface area (Å²) >= 11 is 1.57. The maximum atomic E-state index is 2.33. The Labute approximate surface area is 118 Å². The zero-order valence-electron chi connectivity index (χ0n) is 8.74. The molecule has 1 aromatic rings. The zero-order chi connectivity index (χ0) is 9.10. The van der Waals surface area contributed by atoms with E-state index in [2.05, 4.69) is 24.3 Å².